The summed E-state index contributed by atoms with van der Waals surface area (Å²) in [4.78, 5) is 4.36. The van der Waals surface area contributed by atoms with E-state index in [1.165, 1.54) is 44.2 Å². The highest BCUT2D eigenvalue weighted by Gasteiger charge is 2.14. The molecule has 0 unspecified atom stereocenters. The summed E-state index contributed by atoms with van der Waals surface area (Å²) < 4.78 is 22.4. The van der Waals surface area contributed by atoms with E-state index in [4.69, 9.17) is 5.14 Å². The highest BCUT2D eigenvalue weighted by molar-refractivity contribution is 14.0. The number of sulfonamides is 1. The second-order valence-corrected chi connectivity index (χ2v) is 7.16. The molecule has 4 N–H and O–H groups in total. The van der Waals surface area contributed by atoms with Gasteiger partial charge in [0.15, 0.2) is 5.96 Å². The maximum atomic E-state index is 11.2. The van der Waals surface area contributed by atoms with Gasteiger partial charge in [0.2, 0.25) is 10.0 Å². The molecule has 6 nitrogen and oxygen atoms in total. The molecule has 0 saturated heterocycles. The molecule has 0 amide bonds. The van der Waals surface area contributed by atoms with Crippen LogP contribution < -0.4 is 15.8 Å². The number of benzene rings is 1. The fraction of sp³-hybridized carbons (Fsp3) is 0.533. The van der Waals surface area contributed by atoms with Gasteiger partial charge in [0, 0.05) is 19.6 Å². The van der Waals surface area contributed by atoms with Gasteiger partial charge in [0.1, 0.15) is 0 Å². The highest BCUT2D eigenvalue weighted by atomic mass is 127. The Balaban J connectivity index is 0.00000264. The van der Waals surface area contributed by atoms with Crippen LogP contribution in [0.5, 0.6) is 0 Å². The molecule has 8 heteroatoms. The molecule has 1 aliphatic rings. The molecule has 0 atom stereocenters. The number of guanidine groups is 1. The van der Waals surface area contributed by atoms with Crippen molar-refractivity contribution in [3.8, 4) is 0 Å². The van der Waals surface area contributed by atoms with Gasteiger partial charge in [-0.2, -0.15) is 0 Å². The molecular weight excluding hydrogens is 427 g/mol. The largest absolute Gasteiger partial charge is 0.354 e. The predicted molar refractivity (Wildman–Crippen MR) is 103 cm³/mol. The third kappa shape index (κ3) is 6.64. The van der Waals surface area contributed by atoms with Gasteiger partial charge in [0.05, 0.1) is 4.90 Å². The van der Waals surface area contributed by atoms with Crippen molar-refractivity contribution in [1.82, 2.24) is 10.6 Å². The summed E-state index contributed by atoms with van der Waals surface area (Å²) in [6, 6.07) is 7.03. The van der Waals surface area contributed by atoms with Crippen LogP contribution in [0.2, 0.25) is 0 Å². The van der Waals surface area contributed by atoms with Crippen LogP contribution in [0.1, 0.15) is 37.7 Å². The smallest absolute Gasteiger partial charge is 0.238 e. The highest BCUT2D eigenvalue weighted by Crippen LogP contribution is 2.17. The molecule has 0 radical (unpaired) electrons. The average Bonchev–Trinajstić information content (AvgIpc) is 2.52. The number of halogens is 1. The summed E-state index contributed by atoms with van der Waals surface area (Å²) in [5.41, 5.74) is 0.971. The number of nitrogens with one attached hydrogen (secondary N) is 2. The quantitative estimate of drug-likeness (QED) is 0.370. The fourth-order valence-corrected chi connectivity index (χ4v) is 3.13. The van der Waals surface area contributed by atoms with Crippen molar-refractivity contribution in [2.45, 2.75) is 49.6 Å². The molecule has 0 aliphatic heterocycles. The standard InChI is InChI=1S/C15H24N4O2S.HI/c1-17-15(19-13-5-3-2-4-6-13)18-11-12-7-9-14(10-8-12)22(16,20)21;/h7-10,13H,2-6,11H2,1H3,(H2,16,20,21)(H2,17,18,19);1H. The van der Waals surface area contributed by atoms with Crippen molar-refractivity contribution in [2.75, 3.05) is 7.05 Å². The Morgan fingerprint density at radius 3 is 2.35 bits per heavy atom. The van der Waals surface area contributed by atoms with Crippen molar-refractivity contribution < 1.29 is 8.42 Å². The third-order valence-corrected chi connectivity index (χ3v) is 4.81. The molecule has 2 rings (SSSR count). The van der Waals surface area contributed by atoms with Gasteiger partial charge in [-0.25, -0.2) is 13.6 Å². The number of aliphatic imine (C=N–C) groups is 1. The normalized spacial score (nSPS) is 16.5. The lowest BCUT2D eigenvalue weighted by atomic mass is 9.96. The molecule has 1 fully saturated rings. The minimum atomic E-state index is -3.63. The maximum Gasteiger partial charge on any atom is 0.238 e. The Hall–Kier alpha value is -0.870. The van der Waals surface area contributed by atoms with Crippen LogP contribution in [0.3, 0.4) is 0 Å². The number of primary sulfonamides is 1. The van der Waals surface area contributed by atoms with Crippen molar-refractivity contribution in [3.63, 3.8) is 0 Å². The van der Waals surface area contributed by atoms with Crippen molar-refractivity contribution in [2.24, 2.45) is 10.1 Å². The Kier molecular flexibility index (Phi) is 8.27. The molecule has 23 heavy (non-hydrogen) atoms. The lowest BCUT2D eigenvalue weighted by molar-refractivity contribution is 0.410. The molecular formula is C15H25IN4O2S. The number of nitrogens with two attached hydrogens (primary N) is 1. The molecule has 1 saturated carbocycles. The van der Waals surface area contributed by atoms with Gasteiger partial charge in [-0.05, 0) is 30.5 Å². The second kappa shape index (κ2) is 9.43. The zero-order valence-corrected chi connectivity index (χ0v) is 16.4. The first-order valence-electron chi connectivity index (χ1n) is 7.58. The number of hydrogen-bond acceptors (Lipinski definition) is 3. The van der Waals surface area contributed by atoms with E-state index in [-0.39, 0.29) is 28.9 Å². The topological polar surface area (TPSA) is 96.6 Å². The summed E-state index contributed by atoms with van der Waals surface area (Å²) in [7, 11) is -1.88. The van der Waals surface area contributed by atoms with Crippen LogP contribution in [-0.2, 0) is 16.6 Å². The van der Waals surface area contributed by atoms with E-state index < -0.39 is 10.0 Å². The maximum absolute atomic E-state index is 11.2. The minimum absolute atomic E-state index is 0. The Morgan fingerprint density at radius 1 is 1.22 bits per heavy atom. The van der Waals surface area contributed by atoms with Gasteiger partial charge in [-0.1, -0.05) is 31.4 Å². The molecule has 1 aromatic rings. The summed E-state index contributed by atoms with van der Waals surface area (Å²) in [5, 5.41) is 11.8. The third-order valence-electron chi connectivity index (χ3n) is 3.88. The van der Waals surface area contributed by atoms with E-state index in [1.807, 2.05) is 0 Å². The summed E-state index contributed by atoms with van der Waals surface area (Å²) in [5.74, 6) is 0.780. The Bertz CT molecular complexity index is 611. The first kappa shape index (κ1) is 20.2. The SMILES string of the molecule is CN=C(NCc1ccc(S(N)(=O)=O)cc1)NC1CCCCC1.I. The van der Waals surface area contributed by atoms with Crippen molar-refractivity contribution in [3.05, 3.63) is 29.8 Å². The molecule has 0 aromatic heterocycles. The predicted octanol–water partition coefficient (Wildman–Crippen LogP) is 1.95. The van der Waals surface area contributed by atoms with Crippen LogP contribution in [0.25, 0.3) is 0 Å². The van der Waals surface area contributed by atoms with Gasteiger partial charge in [-0.3, -0.25) is 4.99 Å². The van der Waals surface area contributed by atoms with Gasteiger partial charge >= 0.3 is 0 Å². The van der Waals surface area contributed by atoms with E-state index in [1.54, 1.807) is 19.2 Å². The van der Waals surface area contributed by atoms with E-state index in [2.05, 4.69) is 15.6 Å². The van der Waals surface area contributed by atoms with Gasteiger partial charge in [0.25, 0.3) is 0 Å². The van der Waals surface area contributed by atoms with E-state index >= 15 is 0 Å². The lowest BCUT2D eigenvalue weighted by Gasteiger charge is -2.24. The van der Waals surface area contributed by atoms with Gasteiger partial charge < -0.3 is 10.6 Å². The first-order valence-corrected chi connectivity index (χ1v) is 9.12. The summed E-state index contributed by atoms with van der Waals surface area (Å²) in [6.45, 7) is 0.581. The summed E-state index contributed by atoms with van der Waals surface area (Å²) >= 11 is 0. The van der Waals surface area contributed by atoms with Gasteiger partial charge in [-0.15, -0.1) is 24.0 Å². The first-order chi connectivity index (χ1) is 10.5. The van der Waals surface area contributed by atoms with Crippen LogP contribution in [0.15, 0.2) is 34.2 Å². The van der Waals surface area contributed by atoms with Crippen LogP contribution in [0, 0.1) is 0 Å². The molecule has 130 valence electrons. The number of hydrogen-bond donors (Lipinski definition) is 3. The van der Waals surface area contributed by atoms with Crippen molar-refractivity contribution >= 4 is 40.0 Å². The molecule has 0 spiro atoms. The molecule has 1 aromatic carbocycles. The monoisotopic (exact) mass is 452 g/mol. The van der Waals surface area contributed by atoms with Crippen LogP contribution in [-0.4, -0.2) is 27.5 Å². The van der Waals surface area contributed by atoms with E-state index in [0.29, 0.717) is 12.6 Å². The number of rotatable bonds is 4. The Morgan fingerprint density at radius 2 is 1.83 bits per heavy atom. The van der Waals surface area contributed by atoms with E-state index in [0.717, 1.165) is 11.5 Å². The van der Waals surface area contributed by atoms with Crippen LogP contribution >= 0.6 is 24.0 Å². The zero-order valence-electron chi connectivity index (χ0n) is 13.3. The zero-order chi connectivity index (χ0) is 16.0. The van der Waals surface area contributed by atoms with Crippen molar-refractivity contribution in [1.29, 1.82) is 0 Å². The molecule has 0 heterocycles. The second-order valence-electron chi connectivity index (χ2n) is 5.59. The van der Waals surface area contributed by atoms with E-state index in [9.17, 15) is 8.42 Å². The fourth-order valence-electron chi connectivity index (χ4n) is 2.62. The minimum Gasteiger partial charge on any atom is -0.354 e. The molecule has 1 aliphatic carbocycles. The number of nitrogens with zero attached hydrogens (tertiary/aromatic N) is 1. The van der Waals surface area contributed by atoms with Crippen LogP contribution in [0.4, 0.5) is 0 Å². The Labute approximate surface area is 155 Å². The molecule has 0 bridgehead atoms. The average molecular weight is 452 g/mol. The summed E-state index contributed by atoms with van der Waals surface area (Å²) in [6.07, 6.45) is 6.22. The lowest BCUT2D eigenvalue weighted by Crippen LogP contribution is -2.43.